The fraction of sp³-hybridized carbons (Fsp3) is 0.550. The molecule has 4 N–H and O–H groups in total. The van der Waals surface area contributed by atoms with E-state index in [0.29, 0.717) is 6.54 Å². The van der Waals surface area contributed by atoms with E-state index in [0.717, 1.165) is 37.9 Å². The van der Waals surface area contributed by atoms with Gasteiger partial charge in [0.15, 0.2) is 0 Å². The van der Waals surface area contributed by atoms with E-state index in [9.17, 15) is 15.0 Å². The molecule has 1 aromatic rings. The molecule has 4 atom stereocenters. The van der Waals surface area contributed by atoms with E-state index in [1.807, 2.05) is 12.1 Å². The van der Waals surface area contributed by atoms with Gasteiger partial charge in [0, 0.05) is 37.2 Å². The molecule has 1 fully saturated rings. The molecular formula is C20H29N3O3. The number of aliphatic hydroxyl groups excluding tert-OH is 1. The van der Waals surface area contributed by atoms with Crippen LogP contribution < -0.4 is 10.6 Å². The van der Waals surface area contributed by atoms with Crippen LogP contribution in [0.25, 0.3) is 0 Å². The third kappa shape index (κ3) is 4.44. The first-order valence-corrected chi connectivity index (χ1v) is 9.45. The summed E-state index contributed by atoms with van der Waals surface area (Å²) in [6.07, 6.45) is 5.62. The van der Waals surface area contributed by atoms with E-state index >= 15 is 0 Å². The van der Waals surface area contributed by atoms with Crippen molar-refractivity contribution in [3.8, 4) is 5.75 Å². The van der Waals surface area contributed by atoms with Gasteiger partial charge in [0.2, 0.25) is 5.91 Å². The minimum absolute atomic E-state index is 0.0119. The maximum atomic E-state index is 12.6. The van der Waals surface area contributed by atoms with Crippen molar-refractivity contribution in [2.45, 2.75) is 44.5 Å². The number of para-hydroxylation sites is 1. The highest BCUT2D eigenvalue weighted by Gasteiger charge is 2.32. The largest absolute Gasteiger partial charge is 0.508 e. The molecule has 0 bridgehead atoms. The zero-order chi connectivity index (χ0) is 18.5. The van der Waals surface area contributed by atoms with E-state index in [-0.39, 0.29) is 23.6 Å². The maximum Gasteiger partial charge on any atom is 0.224 e. The lowest BCUT2D eigenvalue weighted by Gasteiger charge is -2.41. The minimum atomic E-state index is -0.679. The van der Waals surface area contributed by atoms with E-state index in [2.05, 4.69) is 27.7 Å². The first-order chi connectivity index (χ1) is 12.6. The Morgan fingerprint density at radius 1 is 1.35 bits per heavy atom. The van der Waals surface area contributed by atoms with Crippen LogP contribution >= 0.6 is 0 Å². The van der Waals surface area contributed by atoms with Crippen LogP contribution in [0.4, 0.5) is 0 Å². The van der Waals surface area contributed by atoms with Crippen molar-refractivity contribution in [3.63, 3.8) is 0 Å². The monoisotopic (exact) mass is 359 g/mol. The number of nitrogens with one attached hydrogen (secondary N) is 2. The molecule has 1 amide bonds. The van der Waals surface area contributed by atoms with Crippen molar-refractivity contribution in [1.29, 1.82) is 0 Å². The van der Waals surface area contributed by atoms with Crippen LogP contribution in [0.1, 0.15) is 37.8 Å². The van der Waals surface area contributed by atoms with Crippen LogP contribution in [0.2, 0.25) is 0 Å². The molecule has 1 aliphatic carbocycles. The van der Waals surface area contributed by atoms with Gasteiger partial charge < -0.3 is 20.8 Å². The number of piperazine rings is 1. The maximum absolute atomic E-state index is 12.6. The van der Waals surface area contributed by atoms with Gasteiger partial charge in [-0.05, 0) is 32.3 Å². The fourth-order valence-corrected chi connectivity index (χ4v) is 3.83. The molecule has 1 heterocycles. The second-order valence-electron chi connectivity index (χ2n) is 7.24. The summed E-state index contributed by atoms with van der Waals surface area (Å²) in [5.41, 5.74) is 0.838. The van der Waals surface area contributed by atoms with Gasteiger partial charge >= 0.3 is 0 Å². The van der Waals surface area contributed by atoms with E-state index < -0.39 is 12.3 Å². The van der Waals surface area contributed by atoms with Crippen LogP contribution in [-0.2, 0) is 4.79 Å². The van der Waals surface area contributed by atoms with Crippen LogP contribution in [0.5, 0.6) is 5.75 Å². The number of aliphatic hydroxyl groups is 1. The molecule has 2 aliphatic rings. The Morgan fingerprint density at radius 3 is 2.85 bits per heavy atom. The number of rotatable bonds is 5. The molecule has 6 heteroatoms. The Balaban J connectivity index is 1.68. The van der Waals surface area contributed by atoms with Gasteiger partial charge in [-0.15, -0.1) is 0 Å². The van der Waals surface area contributed by atoms with Crippen molar-refractivity contribution in [2.24, 2.45) is 5.92 Å². The number of allylic oxidation sites excluding steroid dienone is 2. The molecule has 0 spiro atoms. The van der Waals surface area contributed by atoms with Gasteiger partial charge in [-0.2, -0.15) is 0 Å². The SMILES string of the molecule is CC(O)C(NC(=O)C1CC=CCC1)N1CCNC(c2ccccc2O)C1. The molecular weight excluding hydrogens is 330 g/mol. The van der Waals surface area contributed by atoms with Crippen LogP contribution in [-0.4, -0.2) is 52.9 Å². The standard InChI is InChI=1S/C20H29N3O3/c1-14(24)19(22-20(26)15-7-3-2-4-8-15)23-12-11-21-17(13-23)16-9-5-6-10-18(16)25/h2-3,5-6,9-10,14-15,17,19,21,24-25H,4,7-8,11-13H2,1H3,(H,22,26). The summed E-state index contributed by atoms with van der Waals surface area (Å²) >= 11 is 0. The third-order valence-corrected chi connectivity index (χ3v) is 5.30. The molecule has 1 aliphatic heterocycles. The molecule has 0 aromatic heterocycles. The lowest BCUT2D eigenvalue weighted by molar-refractivity contribution is -0.129. The highest BCUT2D eigenvalue weighted by molar-refractivity contribution is 5.79. The Morgan fingerprint density at radius 2 is 2.15 bits per heavy atom. The molecule has 1 saturated heterocycles. The lowest BCUT2D eigenvalue weighted by atomic mass is 9.93. The number of amides is 1. The zero-order valence-corrected chi connectivity index (χ0v) is 15.3. The summed E-state index contributed by atoms with van der Waals surface area (Å²) < 4.78 is 0. The third-order valence-electron chi connectivity index (χ3n) is 5.30. The van der Waals surface area contributed by atoms with Crippen molar-refractivity contribution >= 4 is 5.91 Å². The predicted octanol–water partition coefficient (Wildman–Crippen LogP) is 1.52. The number of carbonyl (C=O) groups is 1. The van der Waals surface area contributed by atoms with Crippen LogP contribution in [0, 0.1) is 5.92 Å². The molecule has 142 valence electrons. The number of phenolic OH excluding ortho intramolecular Hbond substituents is 1. The topological polar surface area (TPSA) is 84.8 Å². The molecule has 0 radical (unpaired) electrons. The number of hydrogen-bond donors (Lipinski definition) is 4. The average molecular weight is 359 g/mol. The first-order valence-electron chi connectivity index (χ1n) is 9.45. The fourth-order valence-electron chi connectivity index (χ4n) is 3.83. The Labute approximate surface area is 154 Å². The molecule has 6 nitrogen and oxygen atoms in total. The van der Waals surface area contributed by atoms with Crippen LogP contribution in [0.3, 0.4) is 0 Å². The van der Waals surface area contributed by atoms with Crippen molar-refractivity contribution < 1.29 is 15.0 Å². The Hall–Kier alpha value is -1.89. The second-order valence-corrected chi connectivity index (χ2v) is 7.24. The van der Waals surface area contributed by atoms with Gasteiger partial charge in [0.05, 0.1) is 6.10 Å². The summed E-state index contributed by atoms with van der Waals surface area (Å²) in [5.74, 6) is 0.259. The molecule has 1 aromatic carbocycles. The minimum Gasteiger partial charge on any atom is -0.508 e. The summed E-state index contributed by atoms with van der Waals surface area (Å²) in [4.78, 5) is 14.7. The normalized spacial score (nSPS) is 26.2. The quantitative estimate of drug-likeness (QED) is 0.599. The van der Waals surface area contributed by atoms with Gasteiger partial charge in [-0.1, -0.05) is 30.4 Å². The van der Waals surface area contributed by atoms with Crippen molar-refractivity contribution in [2.75, 3.05) is 19.6 Å². The number of benzene rings is 1. The average Bonchev–Trinajstić information content (AvgIpc) is 2.67. The highest BCUT2D eigenvalue weighted by atomic mass is 16.3. The molecule has 4 unspecified atom stereocenters. The van der Waals surface area contributed by atoms with E-state index in [1.165, 1.54) is 0 Å². The Bertz CT molecular complexity index is 647. The van der Waals surface area contributed by atoms with E-state index in [1.54, 1.807) is 19.1 Å². The summed E-state index contributed by atoms with van der Waals surface area (Å²) in [6, 6.07) is 7.25. The molecule has 0 saturated carbocycles. The Kier molecular flexibility index (Phi) is 6.29. The lowest BCUT2D eigenvalue weighted by Crippen LogP contribution is -2.60. The zero-order valence-electron chi connectivity index (χ0n) is 15.3. The number of phenols is 1. The van der Waals surface area contributed by atoms with Gasteiger partial charge in [0.25, 0.3) is 0 Å². The van der Waals surface area contributed by atoms with Crippen LogP contribution in [0.15, 0.2) is 36.4 Å². The number of carbonyl (C=O) groups excluding carboxylic acids is 1. The predicted molar refractivity (Wildman–Crippen MR) is 101 cm³/mol. The first kappa shape index (κ1) is 18.9. The number of aromatic hydroxyl groups is 1. The summed E-state index contributed by atoms with van der Waals surface area (Å²) in [6.45, 7) is 3.77. The second kappa shape index (κ2) is 8.66. The number of hydrogen-bond acceptors (Lipinski definition) is 5. The van der Waals surface area contributed by atoms with Crippen molar-refractivity contribution in [1.82, 2.24) is 15.5 Å². The summed E-state index contributed by atoms with van der Waals surface area (Å²) in [5, 5.41) is 26.9. The molecule has 26 heavy (non-hydrogen) atoms. The van der Waals surface area contributed by atoms with Gasteiger partial charge in [0.1, 0.15) is 11.9 Å². The van der Waals surface area contributed by atoms with Gasteiger partial charge in [-0.25, -0.2) is 0 Å². The summed E-state index contributed by atoms with van der Waals surface area (Å²) in [7, 11) is 0. The molecule has 3 rings (SSSR count). The van der Waals surface area contributed by atoms with Crippen molar-refractivity contribution in [3.05, 3.63) is 42.0 Å². The van der Waals surface area contributed by atoms with Gasteiger partial charge in [-0.3, -0.25) is 9.69 Å². The number of nitrogens with zero attached hydrogens (tertiary/aromatic N) is 1. The highest BCUT2D eigenvalue weighted by Crippen LogP contribution is 2.27. The smallest absolute Gasteiger partial charge is 0.224 e. The van der Waals surface area contributed by atoms with E-state index in [4.69, 9.17) is 0 Å².